The first-order chi connectivity index (χ1) is 8.19. The molecule has 1 atom stereocenters. The van der Waals surface area contributed by atoms with Gasteiger partial charge in [-0.15, -0.1) is 0 Å². The van der Waals surface area contributed by atoms with Gasteiger partial charge in [0.05, 0.1) is 11.7 Å². The van der Waals surface area contributed by atoms with Gasteiger partial charge in [-0.3, -0.25) is 4.68 Å². The van der Waals surface area contributed by atoms with Gasteiger partial charge in [-0.25, -0.2) is 0 Å². The molecular weight excluding hydrogens is 208 g/mol. The molecule has 1 heterocycles. The molecule has 1 rings (SSSR count). The van der Waals surface area contributed by atoms with Crippen LogP contribution in [0, 0.1) is 13.8 Å². The number of hydrogen-bond donors (Lipinski definition) is 0. The molecule has 0 bridgehead atoms. The van der Waals surface area contributed by atoms with Gasteiger partial charge >= 0.3 is 0 Å². The van der Waals surface area contributed by atoms with Crippen LogP contribution in [0.2, 0.25) is 0 Å². The highest BCUT2D eigenvalue weighted by molar-refractivity contribution is 5.07. The Labute approximate surface area is 106 Å². The van der Waals surface area contributed by atoms with Crippen molar-refractivity contribution in [3.8, 4) is 0 Å². The summed E-state index contributed by atoms with van der Waals surface area (Å²) in [6.07, 6.45) is 9.15. The quantitative estimate of drug-likeness (QED) is 0.592. The fourth-order valence-electron chi connectivity index (χ4n) is 2.47. The summed E-state index contributed by atoms with van der Waals surface area (Å²) in [6.45, 7) is 8.81. The minimum Gasteiger partial charge on any atom is -0.267 e. The predicted octanol–water partition coefficient (Wildman–Crippen LogP) is 4.81. The van der Waals surface area contributed by atoms with Crippen molar-refractivity contribution in [2.75, 3.05) is 0 Å². The molecule has 98 valence electrons. The molecule has 0 fully saturated rings. The second kappa shape index (κ2) is 7.52. The summed E-state index contributed by atoms with van der Waals surface area (Å²) < 4.78 is 2.26. The van der Waals surface area contributed by atoms with E-state index in [4.69, 9.17) is 0 Å². The van der Waals surface area contributed by atoms with Crippen molar-refractivity contribution < 1.29 is 0 Å². The van der Waals surface area contributed by atoms with Crippen LogP contribution in [0.4, 0.5) is 0 Å². The van der Waals surface area contributed by atoms with Gasteiger partial charge < -0.3 is 0 Å². The number of nitrogens with zero attached hydrogens (tertiary/aromatic N) is 2. The zero-order valence-electron chi connectivity index (χ0n) is 12.0. The molecule has 1 aromatic heterocycles. The van der Waals surface area contributed by atoms with Gasteiger partial charge in [0, 0.05) is 5.69 Å². The standard InChI is InChI=1S/C15H28N2/c1-5-7-9-11-15(10-8-6-2)17-14(4)12-13(3)16-17/h12,15H,5-11H2,1-4H3. The normalized spacial score (nSPS) is 12.9. The van der Waals surface area contributed by atoms with Gasteiger partial charge in [0.15, 0.2) is 0 Å². The Bertz CT molecular complexity index is 315. The van der Waals surface area contributed by atoms with Crippen LogP contribution >= 0.6 is 0 Å². The summed E-state index contributed by atoms with van der Waals surface area (Å²) in [5, 5.41) is 4.66. The van der Waals surface area contributed by atoms with Crippen LogP contribution in [0.25, 0.3) is 0 Å². The Balaban J connectivity index is 2.64. The van der Waals surface area contributed by atoms with Crippen LogP contribution < -0.4 is 0 Å². The second-order valence-corrected chi connectivity index (χ2v) is 5.16. The van der Waals surface area contributed by atoms with E-state index in [2.05, 4.69) is 43.5 Å². The maximum atomic E-state index is 4.66. The van der Waals surface area contributed by atoms with Gasteiger partial charge in [-0.1, -0.05) is 46.0 Å². The predicted molar refractivity (Wildman–Crippen MR) is 74.4 cm³/mol. The molecule has 0 amide bonds. The lowest BCUT2D eigenvalue weighted by molar-refractivity contribution is 0.367. The summed E-state index contributed by atoms with van der Waals surface area (Å²) in [5.74, 6) is 0. The first-order valence-corrected chi connectivity index (χ1v) is 7.21. The molecule has 1 aromatic rings. The van der Waals surface area contributed by atoms with Crippen molar-refractivity contribution in [3.63, 3.8) is 0 Å². The van der Waals surface area contributed by atoms with E-state index in [9.17, 15) is 0 Å². The molecule has 17 heavy (non-hydrogen) atoms. The number of unbranched alkanes of at least 4 members (excludes halogenated alkanes) is 3. The molecule has 0 aliphatic carbocycles. The SMILES string of the molecule is CCCCCC(CCCC)n1nc(C)cc1C. The molecule has 1 unspecified atom stereocenters. The molecule has 2 heteroatoms. The lowest BCUT2D eigenvalue weighted by Crippen LogP contribution is -2.12. The van der Waals surface area contributed by atoms with E-state index in [-0.39, 0.29) is 0 Å². The van der Waals surface area contributed by atoms with E-state index >= 15 is 0 Å². The monoisotopic (exact) mass is 236 g/mol. The molecule has 0 N–H and O–H groups in total. The van der Waals surface area contributed by atoms with Crippen molar-refractivity contribution in [2.45, 2.75) is 78.7 Å². The number of hydrogen-bond acceptors (Lipinski definition) is 1. The van der Waals surface area contributed by atoms with E-state index in [1.54, 1.807) is 0 Å². The Kier molecular flexibility index (Phi) is 6.31. The Morgan fingerprint density at radius 3 is 2.24 bits per heavy atom. The molecule has 0 saturated carbocycles. The van der Waals surface area contributed by atoms with Crippen LogP contribution in [0.3, 0.4) is 0 Å². The summed E-state index contributed by atoms with van der Waals surface area (Å²) in [7, 11) is 0. The Morgan fingerprint density at radius 1 is 1.06 bits per heavy atom. The number of rotatable bonds is 8. The van der Waals surface area contributed by atoms with Crippen molar-refractivity contribution >= 4 is 0 Å². The minimum atomic E-state index is 0.621. The average molecular weight is 236 g/mol. The maximum Gasteiger partial charge on any atom is 0.0596 e. The third kappa shape index (κ3) is 4.53. The van der Waals surface area contributed by atoms with Crippen molar-refractivity contribution in [3.05, 3.63) is 17.5 Å². The van der Waals surface area contributed by atoms with Gasteiger partial charge in [0.25, 0.3) is 0 Å². The molecular formula is C15H28N2. The van der Waals surface area contributed by atoms with Gasteiger partial charge in [-0.05, 0) is 32.8 Å². The highest BCUT2D eigenvalue weighted by Gasteiger charge is 2.13. The second-order valence-electron chi connectivity index (χ2n) is 5.16. The Hall–Kier alpha value is -0.790. The molecule has 0 aromatic carbocycles. The van der Waals surface area contributed by atoms with E-state index < -0.39 is 0 Å². The van der Waals surface area contributed by atoms with E-state index in [0.29, 0.717) is 6.04 Å². The summed E-state index contributed by atoms with van der Waals surface area (Å²) in [4.78, 5) is 0. The molecule has 2 nitrogen and oxygen atoms in total. The van der Waals surface area contributed by atoms with Crippen molar-refractivity contribution in [1.29, 1.82) is 0 Å². The van der Waals surface area contributed by atoms with Gasteiger partial charge in [0.1, 0.15) is 0 Å². The van der Waals surface area contributed by atoms with Crippen molar-refractivity contribution in [1.82, 2.24) is 9.78 Å². The molecule has 0 radical (unpaired) electrons. The fourth-order valence-corrected chi connectivity index (χ4v) is 2.47. The number of aromatic nitrogens is 2. The summed E-state index contributed by atoms with van der Waals surface area (Å²) >= 11 is 0. The molecule has 0 spiro atoms. The first kappa shape index (κ1) is 14.3. The fraction of sp³-hybridized carbons (Fsp3) is 0.800. The summed E-state index contributed by atoms with van der Waals surface area (Å²) in [5.41, 5.74) is 2.47. The average Bonchev–Trinajstić information content (AvgIpc) is 2.63. The van der Waals surface area contributed by atoms with E-state index in [0.717, 1.165) is 5.69 Å². The topological polar surface area (TPSA) is 17.8 Å². The molecule has 0 aliphatic rings. The van der Waals surface area contributed by atoms with Crippen molar-refractivity contribution in [2.24, 2.45) is 0 Å². The highest BCUT2D eigenvalue weighted by Crippen LogP contribution is 2.23. The van der Waals surface area contributed by atoms with Crippen LogP contribution in [-0.4, -0.2) is 9.78 Å². The third-order valence-corrected chi connectivity index (χ3v) is 3.42. The smallest absolute Gasteiger partial charge is 0.0596 e. The number of aryl methyl sites for hydroxylation is 2. The van der Waals surface area contributed by atoms with Crippen LogP contribution in [-0.2, 0) is 0 Å². The first-order valence-electron chi connectivity index (χ1n) is 7.21. The van der Waals surface area contributed by atoms with E-state index in [1.807, 2.05) is 0 Å². The lowest BCUT2D eigenvalue weighted by atomic mass is 10.0. The zero-order chi connectivity index (χ0) is 12.7. The summed E-state index contributed by atoms with van der Waals surface area (Å²) in [6, 6.07) is 2.81. The molecule has 0 aliphatic heterocycles. The van der Waals surface area contributed by atoms with Gasteiger partial charge in [-0.2, -0.15) is 5.10 Å². The maximum absolute atomic E-state index is 4.66. The lowest BCUT2D eigenvalue weighted by Gasteiger charge is -2.19. The highest BCUT2D eigenvalue weighted by atomic mass is 15.3. The Morgan fingerprint density at radius 2 is 1.71 bits per heavy atom. The third-order valence-electron chi connectivity index (χ3n) is 3.42. The van der Waals surface area contributed by atoms with Crippen LogP contribution in [0.5, 0.6) is 0 Å². The van der Waals surface area contributed by atoms with E-state index in [1.165, 1.54) is 50.6 Å². The minimum absolute atomic E-state index is 0.621. The largest absolute Gasteiger partial charge is 0.267 e. The molecule has 0 saturated heterocycles. The zero-order valence-corrected chi connectivity index (χ0v) is 12.0. The van der Waals surface area contributed by atoms with Gasteiger partial charge in [0.2, 0.25) is 0 Å². The van der Waals surface area contributed by atoms with Crippen LogP contribution in [0.1, 0.15) is 76.2 Å². The van der Waals surface area contributed by atoms with Crippen LogP contribution in [0.15, 0.2) is 6.07 Å².